The first-order valence-electron chi connectivity index (χ1n) is 3.15. The van der Waals surface area contributed by atoms with Crippen LogP contribution < -0.4 is 0 Å². The molecule has 0 atom stereocenters. The fraction of sp³-hybridized carbons (Fsp3) is 0. The van der Waals surface area contributed by atoms with E-state index in [2.05, 4.69) is 4.52 Å². The lowest BCUT2D eigenvalue weighted by Crippen LogP contribution is -2.00. The van der Waals surface area contributed by atoms with Crippen molar-refractivity contribution < 1.29 is 19.1 Å². The Bertz CT molecular complexity index is 259. The van der Waals surface area contributed by atoms with Crippen LogP contribution in [0.5, 0.6) is 0 Å². The molecule has 0 heterocycles. The van der Waals surface area contributed by atoms with E-state index >= 15 is 0 Å². The summed E-state index contributed by atoms with van der Waals surface area (Å²) < 4.78 is 4.17. The third kappa shape index (κ3) is 2.58. The molecule has 0 aliphatic rings. The molecule has 0 unspecified atom stereocenters. The minimum absolute atomic E-state index is 0.299. The van der Waals surface area contributed by atoms with Gasteiger partial charge in [-0.2, -0.15) is 0 Å². The normalized spacial score (nSPS) is 9.92. The van der Waals surface area contributed by atoms with Gasteiger partial charge in [-0.05, 0) is 12.1 Å². The zero-order chi connectivity index (χ0) is 8.97. The van der Waals surface area contributed by atoms with E-state index < -0.39 is 14.6 Å². The van der Waals surface area contributed by atoms with Gasteiger partial charge in [-0.15, -0.1) is 0 Å². The number of carbonyl (C=O) groups is 1. The topological polar surface area (TPSA) is 66.8 Å². The van der Waals surface area contributed by atoms with Gasteiger partial charge in [0, 0.05) is 0 Å². The molecule has 1 aromatic carbocycles. The predicted octanol–water partition coefficient (Wildman–Crippen LogP) is 1.05. The van der Waals surface area contributed by atoms with Gasteiger partial charge in [0.1, 0.15) is 0 Å². The second-order valence-corrected chi connectivity index (χ2v) is 2.69. The molecule has 64 valence electrons. The van der Waals surface area contributed by atoms with E-state index in [1.165, 1.54) is 12.1 Å². The van der Waals surface area contributed by atoms with Gasteiger partial charge in [-0.3, -0.25) is 0 Å². The smallest absolute Gasteiger partial charge is 0.391 e. The monoisotopic (exact) mass is 186 g/mol. The zero-order valence-corrected chi connectivity index (χ0v) is 6.94. The van der Waals surface area contributed by atoms with Crippen LogP contribution in [-0.4, -0.2) is 15.8 Å². The van der Waals surface area contributed by atoms with E-state index in [1.54, 1.807) is 18.2 Å². The van der Waals surface area contributed by atoms with Gasteiger partial charge in [0.15, 0.2) is 0 Å². The van der Waals surface area contributed by atoms with Gasteiger partial charge in [-0.1, -0.05) is 18.2 Å². The molecule has 4 nitrogen and oxygen atoms in total. The molecule has 0 fully saturated rings. The van der Waals surface area contributed by atoms with Crippen LogP contribution >= 0.6 is 8.60 Å². The van der Waals surface area contributed by atoms with Crippen LogP contribution in [0.1, 0.15) is 10.4 Å². The summed E-state index contributed by atoms with van der Waals surface area (Å²) in [5.41, 5.74) is 0.299. The Morgan fingerprint density at radius 3 is 2.33 bits per heavy atom. The minimum atomic E-state index is -2.61. The quantitative estimate of drug-likeness (QED) is 0.677. The molecule has 1 rings (SSSR count). The number of benzene rings is 1. The highest BCUT2D eigenvalue weighted by Crippen LogP contribution is 2.25. The lowest BCUT2D eigenvalue weighted by Gasteiger charge is -2.02. The Morgan fingerprint density at radius 1 is 1.25 bits per heavy atom. The van der Waals surface area contributed by atoms with E-state index in [0.717, 1.165) is 0 Å². The maximum Gasteiger partial charge on any atom is 0.394 e. The van der Waals surface area contributed by atoms with Gasteiger partial charge in [-0.25, -0.2) is 4.79 Å². The fourth-order valence-electron chi connectivity index (χ4n) is 0.701. The molecule has 0 radical (unpaired) electrons. The standard InChI is InChI=1S/C7H7O4P/c8-7(11-12(9)10)6-4-2-1-3-5-6/h1-5,9-10H. The SMILES string of the molecule is O=C(OP(O)O)c1ccccc1. The van der Waals surface area contributed by atoms with Crippen LogP contribution in [-0.2, 0) is 4.52 Å². The Hall–Kier alpha value is -0.960. The minimum Gasteiger partial charge on any atom is -0.391 e. The second-order valence-electron chi connectivity index (χ2n) is 2.00. The average Bonchev–Trinajstić information content (AvgIpc) is 2.05. The average molecular weight is 186 g/mol. The van der Waals surface area contributed by atoms with Gasteiger partial charge in [0.05, 0.1) is 5.56 Å². The van der Waals surface area contributed by atoms with Crippen LogP contribution in [0.3, 0.4) is 0 Å². The second kappa shape index (κ2) is 4.16. The van der Waals surface area contributed by atoms with Crippen molar-refractivity contribution >= 4 is 14.6 Å². The molecular formula is C7H7O4P. The maximum atomic E-state index is 10.9. The predicted molar refractivity (Wildman–Crippen MR) is 43.2 cm³/mol. The van der Waals surface area contributed by atoms with Gasteiger partial charge in [0.2, 0.25) is 0 Å². The van der Waals surface area contributed by atoms with E-state index in [4.69, 9.17) is 9.79 Å². The van der Waals surface area contributed by atoms with Crippen LogP contribution in [0.15, 0.2) is 30.3 Å². The van der Waals surface area contributed by atoms with E-state index in [1.807, 2.05) is 0 Å². The largest absolute Gasteiger partial charge is 0.394 e. The number of carbonyl (C=O) groups excluding carboxylic acids is 1. The van der Waals surface area contributed by atoms with E-state index in [9.17, 15) is 4.79 Å². The maximum absolute atomic E-state index is 10.9. The highest BCUT2D eigenvalue weighted by atomic mass is 31.2. The number of hydrogen-bond acceptors (Lipinski definition) is 4. The summed E-state index contributed by atoms with van der Waals surface area (Å²) in [4.78, 5) is 27.7. The molecule has 0 saturated heterocycles. The summed E-state index contributed by atoms with van der Waals surface area (Å²) in [6.07, 6.45) is 0. The molecule has 12 heavy (non-hydrogen) atoms. The lowest BCUT2D eigenvalue weighted by molar-refractivity contribution is 0.0715. The van der Waals surface area contributed by atoms with Crippen LogP contribution in [0, 0.1) is 0 Å². The zero-order valence-electron chi connectivity index (χ0n) is 6.04. The summed E-state index contributed by atoms with van der Waals surface area (Å²) in [6.45, 7) is 0. The van der Waals surface area contributed by atoms with Crippen molar-refractivity contribution in [3.63, 3.8) is 0 Å². The van der Waals surface area contributed by atoms with Crippen molar-refractivity contribution in [2.24, 2.45) is 0 Å². The third-order valence-corrected chi connectivity index (χ3v) is 1.50. The van der Waals surface area contributed by atoms with Crippen molar-refractivity contribution in [1.82, 2.24) is 0 Å². The van der Waals surface area contributed by atoms with Crippen molar-refractivity contribution in [3.05, 3.63) is 35.9 Å². The molecule has 2 N–H and O–H groups in total. The molecule has 0 spiro atoms. The summed E-state index contributed by atoms with van der Waals surface area (Å²) in [5.74, 6) is -0.730. The van der Waals surface area contributed by atoms with Crippen molar-refractivity contribution in [2.75, 3.05) is 0 Å². The van der Waals surface area contributed by atoms with Crippen molar-refractivity contribution in [3.8, 4) is 0 Å². The van der Waals surface area contributed by atoms with Crippen molar-refractivity contribution in [2.45, 2.75) is 0 Å². The molecule has 0 saturated carbocycles. The Kier molecular flexibility index (Phi) is 3.17. The summed E-state index contributed by atoms with van der Waals surface area (Å²) in [7, 11) is -2.61. The highest BCUT2D eigenvalue weighted by Gasteiger charge is 2.10. The van der Waals surface area contributed by atoms with E-state index in [0.29, 0.717) is 5.56 Å². The molecule has 5 heteroatoms. The molecule has 0 aromatic heterocycles. The summed E-state index contributed by atoms with van der Waals surface area (Å²) in [5, 5.41) is 0. The third-order valence-electron chi connectivity index (χ3n) is 1.17. The first-order valence-corrected chi connectivity index (χ1v) is 4.32. The molecule has 0 bridgehead atoms. The Balaban J connectivity index is 2.66. The molecule has 0 aliphatic carbocycles. The molecular weight excluding hydrogens is 179 g/mol. The first-order chi connectivity index (χ1) is 5.70. The highest BCUT2D eigenvalue weighted by molar-refractivity contribution is 7.40. The Labute approximate surface area is 70.4 Å². The van der Waals surface area contributed by atoms with Gasteiger partial charge in [0.25, 0.3) is 0 Å². The van der Waals surface area contributed by atoms with E-state index in [-0.39, 0.29) is 0 Å². The molecule has 0 aliphatic heterocycles. The van der Waals surface area contributed by atoms with Crippen LogP contribution in [0.25, 0.3) is 0 Å². The van der Waals surface area contributed by atoms with Crippen LogP contribution in [0.2, 0.25) is 0 Å². The van der Waals surface area contributed by atoms with Crippen molar-refractivity contribution in [1.29, 1.82) is 0 Å². The molecule has 1 aromatic rings. The number of hydrogen-bond donors (Lipinski definition) is 2. The summed E-state index contributed by atoms with van der Waals surface area (Å²) >= 11 is 0. The van der Waals surface area contributed by atoms with Gasteiger partial charge >= 0.3 is 14.6 Å². The lowest BCUT2D eigenvalue weighted by atomic mass is 10.2. The Morgan fingerprint density at radius 2 is 1.83 bits per heavy atom. The molecule has 0 amide bonds. The van der Waals surface area contributed by atoms with Crippen LogP contribution in [0.4, 0.5) is 0 Å². The summed E-state index contributed by atoms with van der Waals surface area (Å²) in [6, 6.07) is 8.13. The first kappa shape index (κ1) is 9.13. The van der Waals surface area contributed by atoms with Gasteiger partial charge < -0.3 is 14.3 Å². The number of rotatable bonds is 2. The fourth-order valence-corrected chi connectivity index (χ4v) is 0.955.